The van der Waals surface area contributed by atoms with Crippen LogP contribution in [-0.2, 0) is 9.59 Å². The molecular weight excluding hydrogens is 166 g/mol. The monoisotopic (exact) mass is 178 g/mol. The first kappa shape index (κ1) is 10.9. The van der Waals surface area contributed by atoms with Crippen LogP contribution in [0.3, 0.4) is 0 Å². The molecule has 0 unspecified atom stereocenters. The number of hydrogen-bond donors (Lipinski definition) is 3. The molecule has 0 radical (unpaired) electrons. The van der Waals surface area contributed by atoms with E-state index in [0.717, 1.165) is 0 Å². The van der Waals surface area contributed by atoms with Gasteiger partial charge in [0, 0.05) is 0 Å². The SMILES string of the molecule is CC[N+](O)(CC(=O)O)CC(=O)O. The van der Waals surface area contributed by atoms with Crippen LogP contribution in [0.15, 0.2) is 0 Å². The van der Waals surface area contributed by atoms with Crippen LogP contribution in [0, 0.1) is 0 Å². The molecule has 0 amide bonds. The van der Waals surface area contributed by atoms with Gasteiger partial charge >= 0.3 is 11.9 Å². The number of carbonyl (C=O) groups is 2. The average molecular weight is 178 g/mol. The number of rotatable bonds is 5. The van der Waals surface area contributed by atoms with Gasteiger partial charge in [-0.15, -0.1) is 0 Å². The van der Waals surface area contributed by atoms with E-state index in [1.807, 2.05) is 0 Å². The molecule has 0 aromatic rings. The highest BCUT2D eigenvalue weighted by molar-refractivity contribution is 5.70. The molecule has 0 bridgehead atoms. The number of hydroxylamine groups is 3. The molecule has 0 saturated heterocycles. The van der Waals surface area contributed by atoms with E-state index in [4.69, 9.17) is 10.2 Å². The summed E-state index contributed by atoms with van der Waals surface area (Å²) in [6.07, 6.45) is 0. The third kappa shape index (κ3) is 3.89. The van der Waals surface area contributed by atoms with Crippen molar-refractivity contribution in [1.82, 2.24) is 0 Å². The van der Waals surface area contributed by atoms with Crippen LogP contribution in [0.4, 0.5) is 0 Å². The molecule has 12 heavy (non-hydrogen) atoms. The first-order valence-corrected chi connectivity index (χ1v) is 3.42. The van der Waals surface area contributed by atoms with Crippen LogP contribution < -0.4 is 0 Å². The Morgan fingerprint density at radius 2 is 1.50 bits per heavy atom. The van der Waals surface area contributed by atoms with Crippen molar-refractivity contribution in [2.45, 2.75) is 6.92 Å². The number of aliphatic carboxylic acids is 2. The lowest BCUT2D eigenvalue weighted by Crippen LogP contribution is -2.51. The zero-order valence-electron chi connectivity index (χ0n) is 6.73. The van der Waals surface area contributed by atoms with Crippen LogP contribution in [0.1, 0.15) is 6.92 Å². The zero-order valence-corrected chi connectivity index (χ0v) is 6.73. The fourth-order valence-electron chi connectivity index (χ4n) is 0.783. The van der Waals surface area contributed by atoms with Crippen LogP contribution in [0.2, 0.25) is 0 Å². The summed E-state index contributed by atoms with van der Waals surface area (Å²) < 4.78 is -0.968. The van der Waals surface area contributed by atoms with Crippen molar-refractivity contribution in [3.8, 4) is 0 Å². The van der Waals surface area contributed by atoms with Gasteiger partial charge in [-0.1, -0.05) is 0 Å². The minimum absolute atomic E-state index is 0.0542. The van der Waals surface area contributed by atoms with Crippen molar-refractivity contribution >= 4 is 11.9 Å². The van der Waals surface area contributed by atoms with Gasteiger partial charge in [0.15, 0.2) is 0 Å². The molecule has 0 aromatic carbocycles. The van der Waals surface area contributed by atoms with E-state index in [0.29, 0.717) is 0 Å². The smallest absolute Gasteiger partial charge is 0.362 e. The van der Waals surface area contributed by atoms with E-state index >= 15 is 0 Å². The third-order valence-corrected chi connectivity index (χ3v) is 1.45. The van der Waals surface area contributed by atoms with Crippen molar-refractivity contribution in [3.05, 3.63) is 0 Å². The Hall–Kier alpha value is -1.14. The average Bonchev–Trinajstić information content (AvgIpc) is 1.83. The summed E-state index contributed by atoms with van der Waals surface area (Å²) in [4.78, 5) is 20.4. The van der Waals surface area contributed by atoms with Gasteiger partial charge < -0.3 is 10.2 Å². The van der Waals surface area contributed by atoms with Gasteiger partial charge in [0.05, 0.1) is 0 Å². The third-order valence-electron chi connectivity index (χ3n) is 1.45. The Morgan fingerprint density at radius 3 is 1.67 bits per heavy atom. The Labute approximate surface area is 69.2 Å². The molecular formula is C6H12NO5+. The van der Waals surface area contributed by atoms with E-state index in [-0.39, 0.29) is 6.54 Å². The molecule has 0 aliphatic heterocycles. The molecule has 0 aliphatic rings. The van der Waals surface area contributed by atoms with Crippen molar-refractivity contribution < 1.29 is 29.7 Å². The second-order valence-electron chi connectivity index (χ2n) is 2.52. The number of nitrogens with zero attached hydrogens (tertiary/aromatic N) is 1. The molecule has 0 saturated carbocycles. The highest BCUT2D eigenvalue weighted by Crippen LogP contribution is 1.99. The minimum Gasteiger partial charge on any atom is -0.477 e. The highest BCUT2D eigenvalue weighted by atomic mass is 16.6. The quantitative estimate of drug-likeness (QED) is 0.385. The summed E-state index contributed by atoms with van der Waals surface area (Å²) in [6, 6.07) is 0. The first-order valence-electron chi connectivity index (χ1n) is 3.42. The predicted molar refractivity (Wildman–Crippen MR) is 37.6 cm³/mol. The van der Waals surface area contributed by atoms with Gasteiger partial charge in [0.1, 0.15) is 6.54 Å². The van der Waals surface area contributed by atoms with E-state index in [9.17, 15) is 14.8 Å². The van der Waals surface area contributed by atoms with Gasteiger partial charge in [0.2, 0.25) is 13.1 Å². The maximum atomic E-state index is 10.2. The molecule has 0 fully saturated rings. The second-order valence-corrected chi connectivity index (χ2v) is 2.52. The lowest BCUT2D eigenvalue weighted by molar-refractivity contribution is -1.09. The van der Waals surface area contributed by atoms with Gasteiger partial charge in [0.25, 0.3) is 0 Å². The molecule has 0 aromatic heterocycles. The van der Waals surface area contributed by atoms with Crippen molar-refractivity contribution in [1.29, 1.82) is 0 Å². The lowest BCUT2D eigenvalue weighted by Gasteiger charge is -2.24. The molecule has 70 valence electrons. The number of hydrogen-bond acceptors (Lipinski definition) is 3. The molecule has 3 N–H and O–H groups in total. The van der Waals surface area contributed by atoms with Crippen molar-refractivity contribution in [2.75, 3.05) is 19.6 Å². The fourth-order valence-corrected chi connectivity index (χ4v) is 0.783. The Morgan fingerprint density at radius 1 is 1.17 bits per heavy atom. The Kier molecular flexibility index (Phi) is 3.65. The molecule has 6 nitrogen and oxygen atoms in total. The van der Waals surface area contributed by atoms with E-state index < -0.39 is 29.7 Å². The van der Waals surface area contributed by atoms with E-state index in [1.165, 1.54) is 6.92 Å². The van der Waals surface area contributed by atoms with Gasteiger partial charge in [-0.3, -0.25) is 0 Å². The fraction of sp³-hybridized carbons (Fsp3) is 0.667. The van der Waals surface area contributed by atoms with Gasteiger partial charge in [-0.25, -0.2) is 14.8 Å². The number of likely N-dealkylation sites (N-methyl/N-ethyl adjacent to an activating group) is 1. The topological polar surface area (TPSA) is 94.8 Å². The molecule has 0 aliphatic carbocycles. The summed E-state index contributed by atoms with van der Waals surface area (Å²) in [5.74, 6) is -2.44. The van der Waals surface area contributed by atoms with Crippen molar-refractivity contribution in [2.24, 2.45) is 0 Å². The van der Waals surface area contributed by atoms with Crippen LogP contribution in [-0.4, -0.2) is 51.6 Å². The second kappa shape index (κ2) is 4.03. The summed E-state index contributed by atoms with van der Waals surface area (Å²) in [7, 11) is 0. The lowest BCUT2D eigenvalue weighted by atomic mass is 10.4. The first-order chi connectivity index (χ1) is 5.39. The largest absolute Gasteiger partial charge is 0.477 e. The molecule has 0 atom stereocenters. The normalized spacial score (nSPS) is 11.2. The number of carboxylic acid groups (broad SMARTS) is 2. The Bertz CT molecular complexity index is 174. The number of carboxylic acids is 2. The highest BCUT2D eigenvalue weighted by Gasteiger charge is 2.29. The summed E-state index contributed by atoms with van der Waals surface area (Å²) in [6.45, 7) is 0.385. The number of quaternary nitrogens is 1. The molecule has 6 heteroatoms. The van der Waals surface area contributed by atoms with E-state index in [1.54, 1.807) is 0 Å². The van der Waals surface area contributed by atoms with Crippen LogP contribution in [0.5, 0.6) is 0 Å². The maximum absolute atomic E-state index is 10.2. The minimum atomic E-state index is -1.22. The zero-order chi connectivity index (χ0) is 9.78. The van der Waals surface area contributed by atoms with Gasteiger partial charge in [-0.2, -0.15) is 4.65 Å². The predicted octanol–water partition coefficient (Wildman–Crippen LogP) is -0.618. The summed E-state index contributed by atoms with van der Waals surface area (Å²) in [5, 5.41) is 26.0. The van der Waals surface area contributed by atoms with E-state index in [2.05, 4.69) is 0 Å². The molecule has 0 spiro atoms. The van der Waals surface area contributed by atoms with Crippen molar-refractivity contribution in [3.63, 3.8) is 0 Å². The standard InChI is InChI=1S/C6H11NO5/c1-2-7(12,3-5(8)9)4-6(10)11/h12H,2-4H2,1H3,(H-,8,9,10,11)/p+1. The maximum Gasteiger partial charge on any atom is 0.362 e. The van der Waals surface area contributed by atoms with Gasteiger partial charge in [-0.05, 0) is 6.92 Å². The van der Waals surface area contributed by atoms with Crippen LogP contribution >= 0.6 is 0 Å². The molecule has 0 rings (SSSR count). The molecule has 0 heterocycles. The summed E-state index contributed by atoms with van der Waals surface area (Å²) >= 11 is 0. The Balaban J connectivity index is 4.23. The van der Waals surface area contributed by atoms with Crippen LogP contribution in [0.25, 0.3) is 0 Å². The summed E-state index contributed by atoms with van der Waals surface area (Å²) in [5.41, 5.74) is 0.